The molecule has 172 valence electrons. The van der Waals surface area contributed by atoms with Gasteiger partial charge >= 0.3 is 0 Å². The molecule has 2 aromatic rings. The third-order valence-corrected chi connectivity index (χ3v) is 4.58. The molecule has 2 amide bonds. The van der Waals surface area contributed by atoms with Crippen LogP contribution in [0.5, 0.6) is 11.6 Å². The van der Waals surface area contributed by atoms with Gasteiger partial charge in [-0.3, -0.25) is 9.59 Å². The van der Waals surface area contributed by atoms with Gasteiger partial charge < -0.3 is 24.8 Å². The molecule has 0 saturated carbocycles. The van der Waals surface area contributed by atoms with Gasteiger partial charge in [-0.1, -0.05) is 13.8 Å². The molecule has 1 saturated heterocycles. The van der Waals surface area contributed by atoms with Crippen molar-refractivity contribution in [3.63, 3.8) is 0 Å². The number of nitriles is 1. The summed E-state index contributed by atoms with van der Waals surface area (Å²) in [4.78, 5) is 29.7. The zero-order valence-corrected chi connectivity index (χ0v) is 19.0. The van der Waals surface area contributed by atoms with Gasteiger partial charge in [0.1, 0.15) is 24.9 Å². The minimum atomic E-state index is -0.579. The summed E-state index contributed by atoms with van der Waals surface area (Å²) < 4.78 is 17.3. The van der Waals surface area contributed by atoms with Crippen molar-refractivity contribution >= 4 is 22.6 Å². The first-order valence-corrected chi connectivity index (χ1v) is 10.7. The zero-order chi connectivity index (χ0) is 23.7. The molecule has 9 heteroatoms. The Bertz CT molecular complexity index is 986. The van der Waals surface area contributed by atoms with E-state index in [1.807, 2.05) is 33.8 Å². The van der Waals surface area contributed by atoms with Crippen LogP contribution in [0.3, 0.4) is 0 Å². The summed E-state index contributed by atoms with van der Waals surface area (Å²) in [6.45, 7) is 9.07. The summed E-state index contributed by atoms with van der Waals surface area (Å²) in [5.41, 5.74) is 5.79. The molecule has 9 nitrogen and oxygen atoms in total. The summed E-state index contributed by atoms with van der Waals surface area (Å²) in [7, 11) is 0. The molecule has 1 fully saturated rings. The number of morpholine rings is 1. The van der Waals surface area contributed by atoms with Crippen LogP contribution in [0.25, 0.3) is 10.8 Å². The van der Waals surface area contributed by atoms with Crippen molar-refractivity contribution in [3.05, 3.63) is 30.0 Å². The molecular formula is C23H30N4O5. The standard InChI is InChI=1S/C21H24N4O5.C2H6/c1-13(2)30-18-10-16-14(9-17(18)20(23)27)4-6-24-21(16)29-12-15-11-25(7-8-28-15)19(26)3-5-22;1-2/h4,6,9-10,13,15H,3,7-8,11-12H2,1-2H3,(H2,23,27);1-2H3. The molecule has 1 unspecified atom stereocenters. The Hall–Kier alpha value is -3.38. The van der Waals surface area contributed by atoms with Gasteiger partial charge in [-0.15, -0.1) is 0 Å². The lowest BCUT2D eigenvalue weighted by Gasteiger charge is -2.32. The number of rotatable bonds is 7. The first-order valence-electron chi connectivity index (χ1n) is 10.7. The quantitative estimate of drug-likeness (QED) is 0.698. The van der Waals surface area contributed by atoms with E-state index in [0.717, 1.165) is 5.39 Å². The van der Waals surface area contributed by atoms with Gasteiger partial charge in [0.05, 0.1) is 30.9 Å². The maximum Gasteiger partial charge on any atom is 0.252 e. The van der Waals surface area contributed by atoms with Gasteiger partial charge in [-0.2, -0.15) is 5.26 Å². The first-order chi connectivity index (χ1) is 15.4. The largest absolute Gasteiger partial charge is 0.490 e. The third-order valence-electron chi connectivity index (χ3n) is 4.58. The maximum absolute atomic E-state index is 11.9. The van der Waals surface area contributed by atoms with Crippen LogP contribution in [-0.4, -0.2) is 60.2 Å². The zero-order valence-electron chi connectivity index (χ0n) is 19.0. The first kappa shape index (κ1) is 24.9. The summed E-state index contributed by atoms with van der Waals surface area (Å²) in [6, 6.07) is 6.98. The predicted octanol–water partition coefficient (Wildman–Crippen LogP) is 2.67. The third kappa shape index (κ3) is 6.31. The normalized spacial score (nSPS) is 15.5. The van der Waals surface area contributed by atoms with Crippen LogP contribution < -0.4 is 15.2 Å². The number of aromatic nitrogens is 1. The molecule has 1 aromatic carbocycles. The number of nitrogens with two attached hydrogens (primary N) is 1. The second kappa shape index (κ2) is 11.9. The van der Waals surface area contributed by atoms with Crippen LogP contribution >= 0.6 is 0 Å². The monoisotopic (exact) mass is 442 g/mol. The minimum Gasteiger partial charge on any atom is -0.490 e. The Kier molecular flexibility index (Phi) is 9.22. The van der Waals surface area contributed by atoms with Crippen molar-refractivity contribution in [2.75, 3.05) is 26.3 Å². The lowest BCUT2D eigenvalue weighted by atomic mass is 10.1. The topological polar surface area (TPSA) is 128 Å². The van der Waals surface area contributed by atoms with Crippen molar-refractivity contribution in [3.8, 4) is 17.7 Å². The number of benzene rings is 1. The van der Waals surface area contributed by atoms with E-state index in [2.05, 4.69) is 4.98 Å². The highest BCUT2D eigenvalue weighted by molar-refractivity contribution is 6.01. The van der Waals surface area contributed by atoms with Crippen molar-refractivity contribution in [2.45, 2.75) is 46.3 Å². The number of nitrogens with zero attached hydrogens (tertiary/aromatic N) is 3. The van der Waals surface area contributed by atoms with Crippen LogP contribution in [-0.2, 0) is 9.53 Å². The average Bonchev–Trinajstić information content (AvgIpc) is 2.78. The number of carbonyl (C=O) groups is 2. The number of ether oxygens (including phenoxy) is 3. The average molecular weight is 443 g/mol. The van der Waals surface area contributed by atoms with Gasteiger partial charge in [-0.05, 0) is 37.4 Å². The fraction of sp³-hybridized carbons (Fsp3) is 0.478. The van der Waals surface area contributed by atoms with E-state index in [-0.39, 0.29) is 36.7 Å². The Morgan fingerprint density at radius 3 is 2.78 bits per heavy atom. The van der Waals surface area contributed by atoms with Crippen molar-refractivity contribution < 1.29 is 23.8 Å². The molecule has 1 atom stereocenters. The van der Waals surface area contributed by atoms with E-state index in [0.29, 0.717) is 36.7 Å². The van der Waals surface area contributed by atoms with E-state index in [1.54, 1.807) is 29.3 Å². The number of amides is 2. The van der Waals surface area contributed by atoms with Crippen LogP contribution in [0.1, 0.15) is 44.5 Å². The highest BCUT2D eigenvalue weighted by Gasteiger charge is 2.25. The number of fused-ring (bicyclic) bond motifs is 1. The second-order valence-electron chi connectivity index (χ2n) is 7.19. The van der Waals surface area contributed by atoms with Crippen LogP contribution in [0, 0.1) is 11.3 Å². The number of carbonyl (C=O) groups excluding carboxylic acids is 2. The summed E-state index contributed by atoms with van der Waals surface area (Å²) in [5.74, 6) is -0.0700. The molecule has 0 bridgehead atoms. The Balaban J connectivity index is 0.00000176. The smallest absolute Gasteiger partial charge is 0.252 e. The Labute approximate surface area is 188 Å². The lowest BCUT2D eigenvalue weighted by Crippen LogP contribution is -2.47. The highest BCUT2D eigenvalue weighted by Crippen LogP contribution is 2.31. The molecule has 0 radical (unpaired) electrons. The predicted molar refractivity (Wildman–Crippen MR) is 119 cm³/mol. The van der Waals surface area contributed by atoms with Crippen molar-refractivity contribution in [1.29, 1.82) is 5.26 Å². The Morgan fingerprint density at radius 2 is 2.12 bits per heavy atom. The fourth-order valence-corrected chi connectivity index (χ4v) is 3.23. The molecule has 1 aromatic heterocycles. The van der Waals surface area contributed by atoms with Gasteiger partial charge in [0.25, 0.3) is 5.91 Å². The van der Waals surface area contributed by atoms with Crippen LogP contribution in [0.15, 0.2) is 24.4 Å². The number of hydrogen-bond acceptors (Lipinski definition) is 7. The summed E-state index contributed by atoms with van der Waals surface area (Å²) >= 11 is 0. The van der Waals surface area contributed by atoms with Gasteiger partial charge in [0, 0.05) is 18.1 Å². The highest BCUT2D eigenvalue weighted by atomic mass is 16.5. The van der Waals surface area contributed by atoms with Gasteiger partial charge in [0.2, 0.25) is 11.8 Å². The molecule has 0 aliphatic carbocycles. The van der Waals surface area contributed by atoms with Crippen LogP contribution in [0.2, 0.25) is 0 Å². The lowest BCUT2D eigenvalue weighted by molar-refractivity contribution is -0.138. The molecule has 2 heterocycles. The number of hydrogen-bond donors (Lipinski definition) is 1. The number of primary amides is 1. The molecule has 1 aliphatic heterocycles. The molecule has 3 rings (SSSR count). The van der Waals surface area contributed by atoms with E-state index >= 15 is 0 Å². The van der Waals surface area contributed by atoms with Crippen LogP contribution in [0.4, 0.5) is 0 Å². The molecule has 32 heavy (non-hydrogen) atoms. The minimum absolute atomic E-state index is 0.144. The number of pyridine rings is 1. The molecular weight excluding hydrogens is 412 g/mol. The van der Waals surface area contributed by atoms with E-state index < -0.39 is 5.91 Å². The van der Waals surface area contributed by atoms with Crippen molar-refractivity contribution in [2.24, 2.45) is 5.73 Å². The molecule has 1 aliphatic rings. The Morgan fingerprint density at radius 1 is 1.38 bits per heavy atom. The summed E-state index contributed by atoms with van der Waals surface area (Å²) in [6.07, 6.45) is 0.943. The fourth-order valence-electron chi connectivity index (χ4n) is 3.23. The van der Waals surface area contributed by atoms with E-state index in [9.17, 15) is 9.59 Å². The molecule has 2 N–H and O–H groups in total. The van der Waals surface area contributed by atoms with Gasteiger partial charge in [0.15, 0.2) is 0 Å². The maximum atomic E-state index is 11.9. The van der Waals surface area contributed by atoms with E-state index in [1.165, 1.54) is 0 Å². The summed E-state index contributed by atoms with van der Waals surface area (Å²) in [5, 5.41) is 10.1. The second-order valence-corrected chi connectivity index (χ2v) is 7.19. The van der Waals surface area contributed by atoms with Crippen molar-refractivity contribution in [1.82, 2.24) is 9.88 Å². The SMILES string of the molecule is CC.CC(C)Oc1cc2c(OCC3CN(C(=O)CC#N)CCO3)nccc2cc1C(N)=O. The van der Waals surface area contributed by atoms with Gasteiger partial charge in [-0.25, -0.2) is 4.98 Å². The van der Waals surface area contributed by atoms with E-state index in [4.69, 9.17) is 25.2 Å². The molecule has 0 spiro atoms.